The number of hydrogen-bond acceptors (Lipinski definition) is 2. The Balaban J connectivity index is 1.82. The van der Waals surface area contributed by atoms with Gasteiger partial charge >= 0.3 is 5.97 Å². The van der Waals surface area contributed by atoms with E-state index < -0.39 is 5.97 Å². The molecule has 0 unspecified atom stereocenters. The van der Waals surface area contributed by atoms with E-state index in [1.807, 2.05) is 133 Å². The van der Waals surface area contributed by atoms with Crippen LogP contribution in [0.5, 0.6) is 5.75 Å². The zero-order valence-corrected chi connectivity index (χ0v) is 23.8. The van der Waals surface area contributed by atoms with Crippen LogP contribution < -0.4 is 0 Å². The summed E-state index contributed by atoms with van der Waals surface area (Å²) in [5, 5.41) is 24.0. The van der Waals surface area contributed by atoms with E-state index in [1.165, 1.54) is 0 Å². The van der Waals surface area contributed by atoms with Gasteiger partial charge in [0.2, 0.25) is 0 Å². The van der Waals surface area contributed by atoms with E-state index in [0.717, 1.165) is 49.9 Å². The molecule has 3 heteroatoms. The van der Waals surface area contributed by atoms with Crippen molar-refractivity contribution in [1.29, 1.82) is 0 Å². The number of fused-ring (bicyclic) bond motifs is 1. The summed E-state index contributed by atoms with van der Waals surface area (Å²) in [5.74, 6) is -1.44. The van der Waals surface area contributed by atoms with Crippen LogP contribution in [-0.4, -0.2) is 16.2 Å². The fraction of sp³-hybridized carbons (Fsp3) is 0. The van der Waals surface area contributed by atoms with Gasteiger partial charge in [-0.05, 0) is 56.1 Å². The van der Waals surface area contributed by atoms with E-state index in [2.05, 4.69) is 24.3 Å². The first-order valence-corrected chi connectivity index (χ1v) is 14.5. The summed E-state index contributed by atoms with van der Waals surface area (Å²) in [6, 6.07) is 51.8. The molecule has 0 fully saturated rings. The van der Waals surface area contributed by atoms with Crippen molar-refractivity contribution >= 4 is 16.7 Å². The third kappa shape index (κ3) is 4.61. The predicted octanol–water partition coefficient (Wildman–Crippen LogP) is 10.6. The van der Waals surface area contributed by atoms with Gasteiger partial charge in [0.05, 0.1) is 0 Å². The number of aromatic carboxylic acids is 1. The van der Waals surface area contributed by atoms with Crippen LogP contribution >= 0.6 is 0 Å². The lowest BCUT2D eigenvalue weighted by Crippen LogP contribution is -2.05. The van der Waals surface area contributed by atoms with Crippen molar-refractivity contribution in [3.8, 4) is 61.4 Å². The molecule has 0 aromatic heterocycles. The zero-order chi connectivity index (χ0) is 30.0. The van der Waals surface area contributed by atoms with Gasteiger partial charge in [-0.25, -0.2) is 4.79 Å². The summed E-state index contributed by atoms with van der Waals surface area (Å²) in [7, 11) is 0. The van der Waals surface area contributed by atoms with E-state index in [9.17, 15) is 15.0 Å². The Morgan fingerprint density at radius 2 is 0.773 bits per heavy atom. The second-order valence-electron chi connectivity index (χ2n) is 10.7. The molecule has 0 spiro atoms. The summed E-state index contributed by atoms with van der Waals surface area (Å²) >= 11 is 0. The van der Waals surface area contributed by atoms with Crippen LogP contribution in [0.1, 0.15) is 10.4 Å². The Morgan fingerprint density at radius 1 is 0.432 bits per heavy atom. The lowest BCUT2D eigenvalue weighted by Gasteiger charge is -2.25. The van der Waals surface area contributed by atoms with Gasteiger partial charge in [0.1, 0.15) is 11.3 Å². The van der Waals surface area contributed by atoms with Crippen molar-refractivity contribution in [3.05, 3.63) is 163 Å². The number of phenols is 1. The SMILES string of the molecule is O=C(O)c1c(-c2ccccc2)c(-c2ccccc2)c2c(-c3ccccc3)c(-c3ccccc3)c(-c3ccccc3)cc2c1O. The molecule has 7 rings (SSSR count). The van der Waals surface area contributed by atoms with E-state index in [0.29, 0.717) is 16.5 Å². The van der Waals surface area contributed by atoms with Crippen molar-refractivity contribution in [1.82, 2.24) is 0 Å². The van der Waals surface area contributed by atoms with Crippen molar-refractivity contribution < 1.29 is 15.0 Å². The topological polar surface area (TPSA) is 57.5 Å². The summed E-state index contributed by atoms with van der Waals surface area (Å²) < 4.78 is 0. The Kier molecular flexibility index (Phi) is 6.97. The molecule has 44 heavy (non-hydrogen) atoms. The zero-order valence-electron chi connectivity index (χ0n) is 23.8. The van der Waals surface area contributed by atoms with Gasteiger partial charge in [-0.1, -0.05) is 152 Å². The molecule has 0 aliphatic carbocycles. The molecule has 0 saturated carbocycles. The Hall–Kier alpha value is -5.93. The second-order valence-corrected chi connectivity index (χ2v) is 10.7. The molecule has 0 aliphatic heterocycles. The van der Waals surface area contributed by atoms with Gasteiger partial charge in [-0.3, -0.25) is 0 Å². The van der Waals surface area contributed by atoms with Crippen molar-refractivity contribution in [3.63, 3.8) is 0 Å². The quantitative estimate of drug-likeness (QED) is 0.210. The highest BCUT2D eigenvalue weighted by Crippen LogP contribution is 2.53. The number of rotatable bonds is 6. The summed E-state index contributed by atoms with van der Waals surface area (Å²) in [5.41, 5.74) is 8.50. The van der Waals surface area contributed by atoms with E-state index in [-0.39, 0.29) is 11.3 Å². The van der Waals surface area contributed by atoms with Crippen LogP contribution in [0.15, 0.2) is 158 Å². The number of aromatic hydroxyl groups is 1. The standard InChI is InChI=1S/C41H28O3/c42-40-33-26-32(27-16-6-1-7-17-27)34(28-18-8-2-9-19-28)35(29-20-10-3-11-21-29)38(33)36(30-22-12-4-13-23-30)37(39(40)41(43)44)31-24-14-5-15-25-31/h1-26,42H,(H,43,44). The Morgan fingerprint density at radius 3 is 1.18 bits per heavy atom. The smallest absolute Gasteiger partial charge is 0.340 e. The number of carboxylic acids is 1. The fourth-order valence-corrected chi connectivity index (χ4v) is 6.27. The first kappa shape index (κ1) is 26.9. The fourth-order valence-electron chi connectivity index (χ4n) is 6.27. The largest absolute Gasteiger partial charge is 0.506 e. The van der Waals surface area contributed by atoms with Crippen molar-refractivity contribution in [2.75, 3.05) is 0 Å². The van der Waals surface area contributed by atoms with Crippen LogP contribution in [0.4, 0.5) is 0 Å². The minimum absolute atomic E-state index is 0.118. The maximum Gasteiger partial charge on any atom is 0.340 e. The molecule has 0 bridgehead atoms. The van der Waals surface area contributed by atoms with Crippen LogP contribution in [0, 0.1) is 0 Å². The average Bonchev–Trinajstić information content (AvgIpc) is 3.09. The third-order valence-electron chi connectivity index (χ3n) is 8.12. The van der Waals surface area contributed by atoms with Gasteiger partial charge in [-0.15, -0.1) is 0 Å². The van der Waals surface area contributed by atoms with Crippen molar-refractivity contribution in [2.24, 2.45) is 0 Å². The molecule has 0 radical (unpaired) electrons. The maximum atomic E-state index is 13.1. The molecule has 3 nitrogen and oxygen atoms in total. The maximum absolute atomic E-state index is 13.1. The first-order valence-electron chi connectivity index (χ1n) is 14.5. The van der Waals surface area contributed by atoms with Crippen molar-refractivity contribution in [2.45, 2.75) is 0 Å². The average molecular weight is 569 g/mol. The summed E-state index contributed by atoms with van der Waals surface area (Å²) in [6.45, 7) is 0. The van der Waals surface area contributed by atoms with Gasteiger partial charge in [0, 0.05) is 16.3 Å². The van der Waals surface area contributed by atoms with Gasteiger partial charge in [0.25, 0.3) is 0 Å². The molecule has 0 aliphatic rings. The Labute approximate surface area is 256 Å². The summed E-state index contributed by atoms with van der Waals surface area (Å²) in [6.07, 6.45) is 0. The minimum Gasteiger partial charge on any atom is -0.506 e. The summed E-state index contributed by atoms with van der Waals surface area (Å²) in [4.78, 5) is 13.1. The van der Waals surface area contributed by atoms with Crippen LogP contribution in [0.25, 0.3) is 66.4 Å². The Bertz CT molecular complexity index is 2110. The van der Waals surface area contributed by atoms with Crippen LogP contribution in [0.2, 0.25) is 0 Å². The predicted molar refractivity (Wildman–Crippen MR) is 180 cm³/mol. The molecule has 0 amide bonds. The molecule has 7 aromatic carbocycles. The molecule has 0 atom stereocenters. The lowest BCUT2D eigenvalue weighted by atomic mass is 9.78. The highest BCUT2D eigenvalue weighted by atomic mass is 16.4. The second kappa shape index (κ2) is 11.4. The van der Waals surface area contributed by atoms with E-state index >= 15 is 0 Å². The van der Waals surface area contributed by atoms with E-state index in [4.69, 9.17) is 0 Å². The van der Waals surface area contributed by atoms with Crippen LogP contribution in [-0.2, 0) is 0 Å². The number of benzene rings is 7. The van der Waals surface area contributed by atoms with Gasteiger partial charge in [0.15, 0.2) is 0 Å². The molecular formula is C41H28O3. The number of hydrogen-bond donors (Lipinski definition) is 2. The van der Waals surface area contributed by atoms with E-state index in [1.54, 1.807) is 0 Å². The molecule has 0 heterocycles. The third-order valence-corrected chi connectivity index (χ3v) is 8.12. The minimum atomic E-state index is -1.19. The van der Waals surface area contributed by atoms with Crippen LogP contribution in [0.3, 0.4) is 0 Å². The monoisotopic (exact) mass is 568 g/mol. The molecule has 7 aromatic rings. The molecular weight excluding hydrogens is 540 g/mol. The number of carbonyl (C=O) groups is 1. The normalized spacial score (nSPS) is 11.0. The lowest BCUT2D eigenvalue weighted by molar-refractivity contribution is 0.0695. The first-order chi connectivity index (χ1) is 21.6. The highest BCUT2D eigenvalue weighted by Gasteiger charge is 2.30. The molecule has 210 valence electrons. The molecule has 2 N–H and O–H groups in total. The van der Waals surface area contributed by atoms with Gasteiger partial charge < -0.3 is 10.2 Å². The highest BCUT2D eigenvalue weighted by molar-refractivity contribution is 6.23. The van der Waals surface area contributed by atoms with Gasteiger partial charge in [-0.2, -0.15) is 0 Å². The number of carboxylic acid groups (broad SMARTS) is 1. The molecule has 0 saturated heterocycles.